The minimum absolute atomic E-state index is 0.0844. The third-order valence-corrected chi connectivity index (χ3v) is 5.55. The average Bonchev–Trinajstić information content (AvgIpc) is 3.39. The highest BCUT2D eigenvalue weighted by Crippen LogP contribution is 2.44. The van der Waals surface area contributed by atoms with Gasteiger partial charge < -0.3 is 24.3 Å². The Morgan fingerprint density at radius 2 is 1.91 bits per heavy atom. The van der Waals surface area contributed by atoms with Crippen molar-refractivity contribution in [2.45, 2.75) is 13.3 Å². The number of carbonyl (C=O) groups excluding carboxylic acids is 1. The lowest BCUT2D eigenvalue weighted by molar-refractivity contribution is -0.120. The smallest absolute Gasteiger partial charge is 0.226 e. The number of aromatic hydroxyl groups is 1. The Labute approximate surface area is 190 Å². The first-order chi connectivity index (χ1) is 15.9. The Bertz CT molecular complexity index is 1240. The molecule has 7 nitrogen and oxygen atoms in total. The lowest BCUT2D eigenvalue weighted by atomic mass is 10.00. The predicted octanol–water partition coefficient (Wildman–Crippen LogP) is 4.22. The van der Waals surface area contributed by atoms with Gasteiger partial charge in [0.2, 0.25) is 11.7 Å². The first-order valence-corrected chi connectivity index (χ1v) is 10.2. The molecule has 0 unspecified atom stereocenters. The lowest BCUT2D eigenvalue weighted by Gasteiger charge is -2.11. The van der Waals surface area contributed by atoms with Gasteiger partial charge in [0.25, 0.3) is 0 Å². The third kappa shape index (κ3) is 4.45. The summed E-state index contributed by atoms with van der Waals surface area (Å²) >= 11 is 0. The zero-order valence-corrected chi connectivity index (χ0v) is 18.4. The number of amides is 1. The SMILES string of the molecule is COc1cc(/C=C2/C(C)=C(CNC(=O)Cc3cocn3)c3cc(F)ccc32)cc(OC)c1O. The van der Waals surface area contributed by atoms with Crippen molar-refractivity contribution in [1.82, 2.24) is 10.3 Å². The van der Waals surface area contributed by atoms with Crippen LogP contribution in [0, 0.1) is 5.82 Å². The monoisotopic (exact) mass is 450 g/mol. The van der Waals surface area contributed by atoms with Crippen molar-refractivity contribution < 1.29 is 28.2 Å². The summed E-state index contributed by atoms with van der Waals surface area (Å²) in [5, 5.41) is 13.1. The van der Waals surface area contributed by atoms with Crippen LogP contribution in [0.3, 0.4) is 0 Å². The maximum atomic E-state index is 14.1. The number of aromatic nitrogens is 1. The number of carbonyl (C=O) groups is 1. The van der Waals surface area contributed by atoms with E-state index in [4.69, 9.17) is 13.9 Å². The fraction of sp³-hybridized carbons (Fsp3) is 0.200. The van der Waals surface area contributed by atoms with Gasteiger partial charge >= 0.3 is 0 Å². The summed E-state index contributed by atoms with van der Waals surface area (Å²) in [6.07, 6.45) is 4.70. The number of halogens is 1. The molecular formula is C25H23FN2O5. The highest BCUT2D eigenvalue weighted by molar-refractivity contribution is 6.06. The summed E-state index contributed by atoms with van der Waals surface area (Å²) in [6.45, 7) is 2.16. The van der Waals surface area contributed by atoms with Crippen molar-refractivity contribution in [3.8, 4) is 17.2 Å². The van der Waals surface area contributed by atoms with Gasteiger partial charge in [-0.05, 0) is 70.7 Å². The molecule has 33 heavy (non-hydrogen) atoms. The molecule has 0 spiro atoms. The number of rotatable bonds is 7. The minimum Gasteiger partial charge on any atom is -0.502 e. The molecule has 170 valence electrons. The molecule has 2 N–H and O–H groups in total. The minimum atomic E-state index is -0.359. The Hall–Kier alpha value is -4.07. The van der Waals surface area contributed by atoms with Gasteiger partial charge in [0, 0.05) is 6.54 Å². The number of phenolic OH excluding ortho intramolecular Hbond substituents is 1. The molecule has 0 atom stereocenters. The number of benzene rings is 2. The summed E-state index contributed by atoms with van der Waals surface area (Å²) in [6, 6.07) is 7.98. The highest BCUT2D eigenvalue weighted by atomic mass is 19.1. The van der Waals surface area contributed by atoms with Gasteiger partial charge in [0.1, 0.15) is 12.1 Å². The second kappa shape index (κ2) is 9.20. The van der Waals surface area contributed by atoms with Crippen LogP contribution in [-0.2, 0) is 11.2 Å². The number of nitrogens with one attached hydrogen (secondary N) is 1. The number of phenols is 1. The molecule has 2 aromatic carbocycles. The van der Waals surface area contributed by atoms with E-state index >= 15 is 0 Å². The highest BCUT2D eigenvalue weighted by Gasteiger charge is 2.25. The van der Waals surface area contributed by atoms with Crippen LogP contribution < -0.4 is 14.8 Å². The van der Waals surface area contributed by atoms with Gasteiger partial charge in [-0.2, -0.15) is 0 Å². The van der Waals surface area contributed by atoms with E-state index in [0.29, 0.717) is 5.69 Å². The van der Waals surface area contributed by atoms with Gasteiger partial charge in [0.15, 0.2) is 17.9 Å². The lowest BCUT2D eigenvalue weighted by Crippen LogP contribution is -2.27. The number of methoxy groups -OCH3 is 2. The molecule has 0 bridgehead atoms. The average molecular weight is 450 g/mol. The topological polar surface area (TPSA) is 93.8 Å². The van der Waals surface area contributed by atoms with E-state index < -0.39 is 0 Å². The van der Waals surface area contributed by atoms with E-state index in [2.05, 4.69) is 10.3 Å². The Morgan fingerprint density at radius 1 is 1.18 bits per heavy atom. The van der Waals surface area contributed by atoms with E-state index in [0.717, 1.165) is 33.4 Å². The van der Waals surface area contributed by atoms with Crippen LogP contribution >= 0.6 is 0 Å². The maximum absolute atomic E-state index is 14.1. The Morgan fingerprint density at radius 3 is 2.55 bits per heavy atom. The number of oxazole rings is 1. The summed E-state index contributed by atoms with van der Waals surface area (Å²) < 4.78 is 29.5. The van der Waals surface area contributed by atoms with Gasteiger partial charge in [-0.3, -0.25) is 4.79 Å². The van der Waals surface area contributed by atoms with E-state index in [9.17, 15) is 14.3 Å². The zero-order valence-electron chi connectivity index (χ0n) is 18.4. The van der Waals surface area contributed by atoms with Crippen molar-refractivity contribution in [3.05, 3.63) is 76.8 Å². The second-order valence-electron chi connectivity index (χ2n) is 7.56. The fourth-order valence-corrected chi connectivity index (χ4v) is 3.88. The molecule has 1 amide bonds. The van der Waals surface area contributed by atoms with Gasteiger partial charge in [-0.15, -0.1) is 0 Å². The normalized spacial score (nSPS) is 13.9. The molecule has 0 saturated heterocycles. The summed E-state index contributed by atoms with van der Waals surface area (Å²) in [5.74, 6) is -0.102. The summed E-state index contributed by atoms with van der Waals surface area (Å²) in [4.78, 5) is 16.3. The van der Waals surface area contributed by atoms with Crippen LogP contribution in [-0.4, -0.2) is 36.8 Å². The molecule has 0 fully saturated rings. The molecule has 4 rings (SSSR count). The quantitative estimate of drug-likeness (QED) is 0.560. The Balaban J connectivity index is 1.69. The molecule has 1 heterocycles. The van der Waals surface area contributed by atoms with Crippen LogP contribution in [0.25, 0.3) is 17.2 Å². The van der Waals surface area contributed by atoms with Crippen molar-refractivity contribution in [2.24, 2.45) is 0 Å². The standard InChI is InChI=1S/C25H23FN2O5/c1-14-19(6-15-7-22(31-2)25(30)23(8-15)32-3)18-5-4-16(26)9-20(18)21(14)11-27-24(29)10-17-12-33-13-28-17/h4-9,12-13,30H,10-11H2,1-3H3,(H,27,29)/b19-6-. The molecule has 1 aliphatic rings. The summed E-state index contributed by atoms with van der Waals surface area (Å²) in [5.41, 5.74) is 5.44. The molecule has 1 aromatic heterocycles. The van der Waals surface area contributed by atoms with E-state index in [1.807, 2.05) is 13.0 Å². The molecule has 0 radical (unpaired) electrons. The van der Waals surface area contributed by atoms with E-state index in [1.165, 1.54) is 39.0 Å². The zero-order chi connectivity index (χ0) is 23.5. The molecule has 0 aliphatic heterocycles. The molecule has 1 aliphatic carbocycles. The molecule has 0 saturated carbocycles. The van der Waals surface area contributed by atoms with E-state index in [1.54, 1.807) is 18.2 Å². The van der Waals surface area contributed by atoms with Gasteiger partial charge in [0.05, 0.1) is 26.3 Å². The number of nitrogens with zero attached hydrogens (tertiary/aromatic N) is 1. The van der Waals surface area contributed by atoms with Crippen LogP contribution in [0.2, 0.25) is 0 Å². The fourth-order valence-electron chi connectivity index (χ4n) is 3.88. The number of ether oxygens (including phenoxy) is 2. The van der Waals surface area contributed by atoms with Gasteiger partial charge in [-0.1, -0.05) is 6.07 Å². The number of hydrogen-bond acceptors (Lipinski definition) is 6. The molecular weight excluding hydrogens is 427 g/mol. The van der Waals surface area contributed by atoms with Crippen molar-refractivity contribution in [1.29, 1.82) is 0 Å². The number of fused-ring (bicyclic) bond motifs is 1. The molecule has 3 aromatic rings. The first-order valence-electron chi connectivity index (χ1n) is 10.2. The van der Waals surface area contributed by atoms with Crippen LogP contribution in [0.1, 0.15) is 29.3 Å². The van der Waals surface area contributed by atoms with Crippen molar-refractivity contribution in [3.63, 3.8) is 0 Å². The first kappa shape index (κ1) is 22.1. The maximum Gasteiger partial charge on any atom is 0.226 e. The summed E-state index contributed by atoms with van der Waals surface area (Å²) in [7, 11) is 2.92. The predicted molar refractivity (Wildman–Crippen MR) is 121 cm³/mol. The molecule has 8 heteroatoms. The largest absolute Gasteiger partial charge is 0.502 e. The van der Waals surface area contributed by atoms with Crippen molar-refractivity contribution in [2.75, 3.05) is 20.8 Å². The Kier molecular flexibility index (Phi) is 6.17. The van der Waals surface area contributed by atoms with Crippen LogP contribution in [0.5, 0.6) is 17.2 Å². The second-order valence-corrected chi connectivity index (χ2v) is 7.56. The number of hydrogen-bond donors (Lipinski definition) is 2. The van der Waals surface area contributed by atoms with Gasteiger partial charge in [-0.25, -0.2) is 9.37 Å². The number of allylic oxidation sites excluding steroid dienone is 2. The van der Waals surface area contributed by atoms with E-state index in [-0.39, 0.29) is 41.9 Å². The van der Waals surface area contributed by atoms with Crippen LogP contribution in [0.15, 0.2) is 53.0 Å². The van der Waals surface area contributed by atoms with Crippen LogP contribution in [0.4, 0.5) is 4.39 Å². The van der Waals surface area contributed by atoms with Crippen molar-refractivity contribution >= 4 is 23.1 Å². The third-order valence-electron chi connectivity index (χ3n) is 5.55.